The zero-order valence-corrected chi connectivity index (χ0v) is 11.8. The molecule has 2 aromatic heterocycles. The van der Waals surface area contributed by atoms with Crippen LogP contribution in [0.25, 0.3) is 11.3 Å². The van der Waals surface area contributed by atoms with E-state index in [9.17, 15) is 0 Å². The highest BCUT2D eigenvalue weighted by Gasteiger charge is 2.22. The molecule has 1 saturated carbocycles. The van der Waals surface area contributed by atoms with Crippen molar-refractivity contribution in [2.75, 3.05) is 5.73 Å². The number of rotatable bonds is 2. The molecule has 0 bridgehead atoms. The van der Waals surface area contributed by atoms with Crippen LogP contribution in [0.2, 0.25) is 0 Å². The Balaban J connectivity index is 1.93. The van der Waals surface area contributed by atoms with E-state index in [-0.39, 0.29) is 0 Å². The van der Waals surface area contributed by atoms with Crippen LogP contribution in [0, 0.1) is 0 Å². The molecule has 1 aliphatic carbocycles. The molecule has 0 aliphatic heterocycles. The quantitative estimate of drug-likeness (QED) is 0.870. The first-order chi connectivity index (χ1) is 9.86. The van der Waals surface area contributed by atoms with Gasteiger partial charge >= 0.3 is 0 Å². The summed E-state index contributed by atoms with van der Waals surface area (Å²) >= 11 is 0. The topological polar surface area (TPSA) is 67.6 Å². The molecule has 0 spiro atoms. The fourth-order valence-electron chi connectivity index (χ4n) is 3.19. The first-order valence-electron chi connectivity index (χ1n) is 7.61. The summed E-state index contributed by atoms with van der Waals surface area (Å²) in [5.41, 5.74) is 9.19. The maximum absolute atomic E-state index is 6.07. The molecule has 1 fully saturated rings. The third kappa shape index (κ3) is 2.69. The van der Waals surface area contributed by atoms with Crippen molar-refractivity contribution in [1.29, 1.82) is 0 Å². The molecule has 2 heterocycles. The average Bonchev–Trinajstić information content (AvgIpc) is 2.81. The zero-order chi connectivity index (χ0) is 13.8. The van der Waals surface area contributed by atoms with Gasteiger partial charge in [-0.2, -0.15) is 5.10 Å². The van der Waals surface area contributed by atoms with Crippen LogP contribution < -0.4 is 5.73 Å². The van der Waals surface area contributed by atoms with Gasteiger partial charge in [-0.15, -0.1) is 0 Å². The van der Waals surface area contributed by atoms with Gasteiger partial charge in [-0.3, -0.25) is 10.1 Å². The van der Waals surface area contributed by atoms with Crippen LogP contribution >= 0.6 is 0 Å². The van der Waals surface area contributed by atoms with Crippen LogP contribution in [-0.4, -0.2) is 15.2 Å². The molecule has 0 atom stereocenters. The number of nitrogen functional groups attached to an aromatic ring is 1. The largest absolute Gasteiger partial charge is 0.382 e. The number of aromatic amines is 1. The number of pyridine rings is 1. The lowest BCUT2D eigenvalue weighted by molar-refractivity contribution is 0.449. The summed E-state index contributed by atoms with van der Waals surface area (Å²) in [6.07, 6.45) is 10.9. The van der Waals surface area contributed by atoms with Gasteiger partial charge in [0.15, 0.2) is 5.82 Å². The lowest BCUT2D eigenvalue weighted by atomic mass is 9.87. The highest BCUT2D eigenvalue weighted by atomic mass is 15.2. The number of nitrogens with two attached hydrogens (primary N) is 1. The minimum atomic E-state index is 0.539. The van der Waals surface area contributed by atoms with Gasteiger partial charge in [0.2, 0.25) is 0 Å². The Labute approximate surface area is 119 Å². The Kier molecular flexibility index (Phi) is 4.00. The molecule has 1 aliphatic rings. The predicted octanol–water partition coefficient (Wildman–Crippen LogP) is 3.88. The number of anilines is 1. The fourth-order valence-corrected chi connectivity index (χ4v) is 3.19. The molecular weight excluding hydrogens is 248 g/mol. The van der Waals surface area contributed by atoms with E-state index in [1.165, 1.54) is 50.6 Å². The van der Waals surface area contributed by atoms with Crippen molar-refractivity contribution in [2.24, 2.45) is 0 Å². The Hall–Kier alpha value is -1.84. The second-order valence-electron chi connectivity index (χ2n) is 5.65. The lowest BCUT2D eigenvalue weighted by Crippen LogP contribution is -2.05. The Bertz CT molecular complexity index is 539. The summed E-state index contributed by atoms with van der Waals surface area (Å²) in [6.45, 7) is 0. The van der Waals surface area contributed by atoms with Crippen molar-refractivity contribution >= 4 is 5.82 Å². The van der Waals surface area contributed by atoms with Crippen LogP contribution in [0.5, 0.6) is 0 Å². The summed E-state index contributed by atoms with van der Waals surface area (Å²) in [5.74, 6) is 1.11. The van der Waals surface area contributed by atoms with Crippen LogP contribution in [-0.2, 0) is 0 Å². The SMILES string of the molecule is Nc1n[nH]c(C2CCCCCCC2)c1-c1ccccn1. The van der Waals surface area contributed by atoms with E-state index in [0.29, 0.717) is 11.7 Å². The number of nitrogens with zero attached hydrogens (tertiary/aromatic N) is 2. The molecule has 2 aromatic rings. The molecule has 4 nitrogen and oxygen atoms in total. The molecule has 3 rings (SSSR count). The Morgan fingerprint density at radius 2 is 1.80 bits per heavy atom. The summed E-state index contributed by atoms with van der Waals surface area (Å²) in [6, 6.07) is 5.93. The van der Waals surface area contributed by atoms with E-state index in [0.717, 1.165) is 11.3 Å². The van der Waals surface area contributed by atoms with Crippen molar-refractivity contribution in [2.45, 2.75) is 50.9 Å². The third-order valence-corrected chi connectivity index (χ3v) is 4.26. The minimum absolute atomic E-state index is 0.539. The van der Waals surface area contributed by atoms with E-state index < -0.39 is 0 Å². The number of hydrogen-bond donors (Lipinski definition) is 2. The first kappa shape index (κ1) is 13.2. The molecule has 106 valence electrons. The van der Waals surface area contributed by atoms with Crippen molar-refractivity contribution < 1.29 is 0 Å². The Morgan fingerprint density at radius 1 is 1.05 bits per heavy atom. The number of nitrogens with one attached hydrogen (secondary N) is 1. The van der Waals surface area contributed by atoms with Crippen LogP contribution in [0.1, 0.15) is 56.6 Å². The third-order valence-electron chi connectivity index (χ3n) is 4.26. The highest BCUT2D eigenvalue weighted by Crippen LogP contribution is 2.37. The van der Waals surface area contributed by atoms with Gasteiger partial charge in [-0.1, -0.05) is 38.2 Å². The summed E-state index contributed by atoms with van der Waals surface area (Å²) in [4.78, 5) is 4.44. The minimum Gasteiger partial charge on any atom is -0.382 e. The van der Waals surface area contributed by atoms with Crippen molar-refractivity contribution in [3.05, 3.63) is 30.1 Å². The number of H-pyrrole nitrogens is 1. The van der Waals surface area contributed by atoms with Gasteiger partial charge in [0.1, 0.15) is 0 Å². The zero-order valence-electron chi connectivity index (χ0n) is 11.8. The average molecular weight is 270 g/mol. The van der Waals surface area contributed by atoms with E-state index in [1.54, 1.807) is 0 Å². The van der Waals surface area contributed by atoms with Gasteiger partial charge in [0, 0.05) is 17.8 Å². The highest BCUT2D eigenvalue weighted by molar-refractivity contribution is 5.73. The van der Waals surface area contributed by atoms with Crippen molar-refractivity contribution in [1.82, 2.24) is 15.2 Å². The molecule has 20 heavy (non-hydrogen) atoms. The Morgan fingerprint density at radius 3 is 2.50 bits per heavy atom. The molecule has 3 N–H and O–H groups in total. The van der Waals surface area contributed by atoms with Crippen molar-refractivity contribution in [3.63, 3.8) is 0 Å². The summed E-state index contributed by atoms with van der Waals surface area (Å²) in [7, 11) is 0. The van der Waals surface area contributed by atoms with Crippen LogP contribution in [0.4, 0.5) is 5.82 Å². The molecule has 0 radical (unpaired) electrons. The van der Waals surface area contributed by atoms with Gasteiger partial charge in [-0.05, 0) is 25.0 Å². The monoisotopic (exact) mass is 270 g/mol. The molecule has 0 aromatic carbocycles. The summed E-state index contributed by atoms with van der Waals surface area (Å²) < 4.78 is 0. The van der Waals surface area contributed by atoms with Gasteiger partial charge < -0.3 is 5.73 Å². The van der Waals surface area contributed by atoms with Crippen molar-refractivity contribution in [3.8, 4) is 11.3 Å². The lowest BCUT2D eigenvalue weighted by Gasteiger charge is -2.19. The second kappa shape index (κ2) is 6.07. The van der Waals surface area contributed by atoms with Gasteiger partial charge in [0.25, 0.3) is 0 Å². The normalized spacial score (nSPS) is 17.6. The fraction of sp³-hybridized carbons (Fsp3) is 0.500. The van der Waals surface area contributed by atoms with Crippen LogP contribution in [0.15, 0.2) is 24.4 Å². The van der Waals surface area contributed by atoms with Crippen LogP contribution in [0.3, 0.4) is 0 Å². The number of aromatic nitrogens is 3. The molecule has 4 heteroatoms. The van der Waals surface area contributed by atoms with E-state index >= 15 is 0 Å². The standard InChI is InChI=1S/C16H22N4/c17-16-14(13-10-6-7-11-18-13)15(19-20-16)12-8-4-2-1-3-5-9-12/h6-7,10-12H,1-5,8-9H2,(H3,17,19,20). The van der Waals surface area contributed by atoms with E-state index in [4.69, 9.17) is 5.73 Å². The second-order valence-corrected chi connectivity index (χ2v) is 5.65. The van der Waals surface area contributed by atoms with E-state index in [1.807, 2.05) is 24.4 Å². The number of hydrogen-bond acceptors (Lipinski definition) is 3. The molecule has 0 amide bonds. The molecular formula is C16H22N4. The summed E-state index contributed by atoms with van der Waals surface area (Å²) in [5, 5.41) is 7.41. The first-order valence-corrected chi connectivity index (χ1v) is 7.61. The maximum atomic E-state index is 6.07. The molecule has 0 saturated heterocycles. The van der Waals surface area contributed by atoms with Gasteiger partial charge in [0.05, 0.1) is 11.3 Å². The van der Waals surface area contributed by atoms with E-state index in [2.05, 4.69) is 15.2 Å². The maximum Gasteiger partial charge on any atom is 0.154 e. The van der Waals surface area contributed by atoms with Gasteiger partial charge in [-0.25, -0.2) is 0 Å². The predicted molar refractivity (Wildman–Crippen MR) is 81.3 cm³/mol. The molecule has 0 unspecified atom stereocenters. The smallest absolute Gasteiger partial charge is 0.154 e.